The van der Waals surface area contributed by atoms with Crippen molar-refractivity contribution in [2.24, 2.45) is 11.1 Å². The number of ether oxygens (including phenoxy) is 1. The lowest BCUT2D eigenvalue weighted by Gasteiger charge is -2.34. The van der Waals surface area contributed by atoms with Crippen LogP contribution in [0.2, 0.25) is 0 Å². The van der Waals surface area contributed by atoms with Gasteiger partial charge in [-0.1, -0.05) is 12.2 Å². The van der Waals surface area contributed by atoms with Crippen molar-refractivity contribution in [2.75, 3.05) is 24.8 Å². The average Bonchev–Trinajstić information content (AvgIpc) is 2.48. The molecular weight excluding hydrogens is 292 g/mol. The van der Waals surface area contributed by atoms with E-state index in [1.54, 1.807) is 11.8 Å². The highest BCUT2D eigenvalue weighted by Crippen LogP contribution is 2.32. The van der Waals surface area contributed by atoms with Gasteiger partial charge in [0.05, 0.1) is 4.99 Å². The summed E-state index contributed by atoms with van der Waals surface area (Å²) in [4.78, 5) is 13.9. The minimum absolute atomic E-state index is 0.134. The van der Waals surface area contributed by atoms with Gasteiger partial charge in [0.1, 0.15) is 5.41 Å². The van der Waals surface area contributed by atoms with Crippen molar-refractivity contribution in [3.63, 3.8) is 0 Å². The van der Waals surface area contributed by atoms with Crippen LogP contribution in [0.4, 0.5) is 5.69 Å². The van der Waals surface area contributed by atoms with Crippen LogP contribution >= 0.6 is 24.0 Å². The number of hydrogen-bond donors (Lipinski definition) is 2. The number of thioether (sulfide) groups is 1. The summed E-state index contributed by atoms with van der Waals surface area (Å²) in [5.74, 6) is -0.134. The van der Waals surface area contributed by atoms with E-state index in [0.717, 1.165) is 10.6 Å². The summed E-state index contributed by atoms with van der Waals surface area (Å²) in [6.07, 6.45) is 3.09. The zero-order chi connectivity index (χ0) is 14.6. The molecule has 0 unspecified atom stereocenters. The van der Waals surface area contributed by atoms with Crippen molar-refractivity contribution in [3.8, 4) is 0 Å². The molecule has 0 aliphatic carbocycles. The first-order valence-electron chi connectivity index (χ1n) is 6.42. The van der Waals surface area contributed by atoms with Crippen LogP contribution in [0.5, 0.6) is 0 Å². The van der Waals surface area contributed by atoms with Gasteiger partial charge in [-0.15, -0.1) is 11.8 Å². The van der Waals surface area contributed by atoms with E-state index >= 15 is 0 Å². The van der Waals surface area contributed by atoms with E-state index < -0.39 is 5.41 Å². The summed E-state index contributed by atoms with van der Waals surface area (Å²) in [6.45, 7) is 1.02. The zero-order valence-electron chi connectivity index (χ0n) is 11.3. The fourth-order valence-corrected chi connectivity index (χ4v) is 2.94. The van der Waals surface area contributed by atoms with Crippen molar-refractivity contribution in [1.29, 1.82) is 0 Å². The Morgan fingerprint density at radius 2 is 1.95 bits per heavy atom. The van der Waals surface area contributed by atoms with E-state index in [9.17, 15) is 4.79 Å². The van der Waals surface area contributed by atoms with E-state index in [2.05, 4.69) is 5.32 Å². The number of nitrogens with one attached hydrogen (secondary N) is 1. The van der Waals surface area contributed by atoms with Gasteiger partial charge in [-0.3, -0.25) is 4.79 Å². The molecule has 0 radical (unpaired) electrons. The monoisotopic (exact) mass is 310 g/mol. The zero-order valence-corrected chi connectivity index (χ0v) is 13.0. The number of amides is 1. The molecule has 0 atom stereocenters. The molecule has 1 heterocycles. The minimum Gasteiger partial charge on any atom is -0.392 e. The maximum atomic E-state index is 12.5. The molecule has 108 valence electrons. The SMILES string of the molecule is CSc1ccc(NC(=O)C2(C(N)=S)CCOCC2)cc1. The number of carbonyl (C=O) groups is 1. The summed E-state index contributed by atoms with van der Waals surface area (Å²) in [5, 5.41) is 2.91. The summed E-state index contributed by atoms with van der Waals surface area (Å²) in [5.41, 5.74) is 5.79. The molecule has 0 spiro atoms. The van der Waals surface area contributed by atoms with Crippen LogP contribution < -0.4 is 11.1 Å². The van der Waals surface area contributed by atoms with Crippen LogP contribution in [0.3, 0.4) is 0 Å². The number of thiocarbonyl (C=S) groups is 1. The molecule has 2 rings (SSSR count). The van der Waals surface area contributed by atoms with Crippen LogP contribution in [0, 0.1) is 5.41 Å². The van der Waals surface area contributed by atoms with E-state index in [0.29, 0.717) is 26.1 Å². The molecule has 0 aromatic heterocycles. The van der Waals surface area contributed by atoms with Crippen molar-refractivity contribution in [2.45, 2.75) is 17.7 Å². The first kappa shape index (κ1) is 15.3. The van der Waals surface area contributed by atoms with E-state index in [-0.39, 0.29) is 10.9 Å². The number of nitrogens with two attached hydrogens (primary N) is 1. The number of anilines is 1. The van der Waals surface area contributed by atoms with Crippen LogP contribution in [-0.4, -0.2) is 30.4 Å². The number of carbonyl (C=O) groups excluding carboxylic acids is 1. The molecule has 1 aliphatic rings. The molecule has 1 amide bonds. The van der Waals surface area contributed by atoms with Gasteiger partial charge in [-0.05, 0) is 43.4 Å². The van der Waals surface area contributed by atoms with Gasteiger partial charge in [-0.2, -0.15) is 0 Å². The van der Waals surface area contributed by atoms with Gasteiger partial charge in [0, 0.05) is 23.8 Å². The molecule has 1 aromatic rings. The van der Waals surface area contributed by atoms with Crippen molar-refractivity contribution >= 4 is 40.6 Å². The highest BCUT2D eigenvalue weighted by molar-refractivity contribution is 7.98. The van der Waals surface area contributed by atoms with Crippen LogP contribution in [0.1, 0.15) is 12.8 Å². The lowest BCUT2D eigenvalue weighted by atomic mass is 9.79. The van der Waals surface area contributed by atoms with E-state index in [4.69, 9.17) is 22.7 Å². The Kier molecular flexibility index (Phi) is 5.01. The second-order valence-corrected chi connectivity index (χ2v) is 6.06. The summed E-state index contributed by atoms with van der Waals surface area (Å²) in [6, 6.07) is 7.71. The van der Waals surface area contributed by atoms with Gasteiger partial charge in [0.2, 0.25) is 5.91 Å². The molecule has 0 saturated carbocycles. The molecule has 1 aromatic carbocycles. The maximum Gasteiger partial charge on any atom is 0.237 e. The molecule has 1 saturated heterocycles. The summed E-state index contributed by atoms with van der Waals surface area (Å²) >= 11 is 6.78. The first-order chi connectivity index (χ1) is 9.58. The van der Waals surface area contributed by atoms with E-state index in [1.165, 1.54) is 0 Å². The van der Waals surface area contributed by atoms with Gasteiger partial charge in [0.25, 0.3) is 0 Å². The minimum atomic E-state index is -0.786. The summed E-state index contributed by atoms with van der Waals surface area (Å²) < 4.78 is 5.31. The van der Waals surface area contributed by atoms with Crippen molar-refractivity contribution in [1.82, 2.24) is 0 Å². The highest BCUT2D eigenvalue weighted by Gasteiger charge is 2.42. The van der Waals surface area contributed by atoms with Crippen LogP contribution in [0.15, 0.2) is 29.2 Å². The number of benzene rings is 1. The molecule has 20 heavy (non-hydrogen) atoms. The molecule has 1 aliphatic heterocycles. The third kappa shape index (κ3) is 3.13. The Hall–Kier alpha value is -1.11. The van der Waals surface area contributed by atoms with Gasteiger partial charge in [-0.25, -0.2) is 0 Å². The second-order valence-electron chi connectivity index (χ2n) is 4.74. The van der Waals surface area contributed by atoms with Crippen molar-refractivity contribution in [3.05, 3.63) is 24.3 Å². The number of hydrogen-bond acceptors (Lipinski definition) is 4. The molecule has 4 nitrogen and oxygen atoms in total. The number of rotatable bonds is 4. The van der Waals surface area contributed by atoms with Gasteiger partial charge >= 0.3 is 0 Å². The fourth-order valence-electron chi connectivity index (χ4n) is 2.23. The van der Waals surface area contributed by atoms with Gasteiger partial charge in [0.15, 0.2) is 0 Å². The Bertz CT molecular complexity index is 496. The molecule has 1 fully saturated rings. The second kappa shape index (κ2) is 6.56. The standard InChI is InChI=1S/C14H18N2O2S2/c1-20-11-4-2-10(3-5-11)16-13(17)14(12(15)19)6-8-18-9-7-14/h2-5H,6-9H2,1H3,(H2,15,19)(H,16,17). The maximum absolute atomic E-state index is 12.5. The lowest BCUT2D eigenvalue weighted by Crippen LogP contribution is -2.49. The Morgan fingerprint density at radius 1 is 1.35 bits per heavy atom. The topological polar surface area (TPSA) is 64.4 Å². The molecule has 6 heteroatoms. The fraction of sp³-hybridized carbons (Fsp3) is 0.429. The third-order valence-corrected chi connectivity index (χ3v) is 4.73. The first-order valence-corrected chi connectivity index (χ1v) is 8.05. The highest BCUT2D eigenvalue weighted by atomic mass is 32.2. The van der Waals surface area contributed by atoms with Crippen LogP contribution in [-0.2, 0) is 9.53 Å². The van der Waals surface area contributed by atoms with Crippen LogP contribution in [0.25, 0.3) is 0 Å². The molecule has 3 N–H and O–H groups in total. The van der Waals surface area contributed by atoms with Crippen molar-refractivity contribution < 1.29 is 9.53 Å². The Labute approximate surface area is 128 Å². The Morgan fingerprint density at radius 3 is 2.45 bits per heavy atom. The predicted molar refractivity (Wildman–Crippen MR) is 86.1 cm³/mol. The Balaban J connectivity index is 2.13. The third-order valence-electron chi connectivity index (χ3n) is 3.60. The normalized spacial score (nSPS) is 17.4. The summed E-state index contributed by atoms with van der Waals surface area (Å²) in [7, 11) is 0. The largest absolute Gasteiger partial charge is 0.392 e. The average molecular weight is 310 g/mol. The quantitative estimate of drug-likeness (QED) is 0.660. The molecule has 0 bridgehead atoms. The van der Waals surface area contributed by atoms with E-state index in [1.807, 2.05) is 30.5 Å². The molecular formula is C14H18N2O2S2. The van der Waals surface area contributed by atoms with Gasteiger partial charge < -0.3 is 15.8 Å². The smallest absolute Gasteiger partial charge is 0.237 e. The predicted octanol–water partition coefficient (Wildman–Crippen LogP) is 2.43. The lowest BCUT2D eigenvalue weighted by molar-refractivity contribution is -0.126.